The number of amides is 1. The molecule has 0 bridgehead atoms. The fraction of sp³-hybridized carbons (Fsp3) is 0.174. The molecule has 32 heavy (non-hydrogen) atoms. The highest BCUT2D eigenvalue weighted by molar-refractivity contribution is 7.98. The van der Waals surface area contributed by atoms with Gasteiger partial charge in [-0.3, -0.25) is 9.36 Å². The highest BCUT2D eigenvalue weighted by atomic mass is 32.2. The maximum absolute atomic E-state index is 11.0. The van der Waals surface area contributed by atoms with Gasteiger partial charge in [-0.05, 0) is 42.0 Å². The molecule has 0 atom stereocenters. The number of nitrogens with two attached hydrogens (primary N) is 1. The number of carbonyl (C=O) groups excluding carboxylic acids is 1. The van der Waals surface area contributed by atoms with E-state index in [4.69, 9.17) is 19.6 Å². The number of benzene rings is 2. The number of primary amides is 1. The van der Waals surface area contributed by atoms with Gasteiger partial charge in [-0.2, -0.15) is 0 Å². The average Bonchev–Trinajstić information content (AvgIpc) is 3.47. The molecule has 0 fully saturated rings. The highest BCUT2D eigenvalue weighted by Gasteiger charge is 2.16. The summed E-state index contributed by atoms with van der Waals surface area (Å²) in [7, 11) is 1.63. The van der Waals surface area contributed by atoms with Crippen molar-refractivity contribution in [3.63, 3.8) is 0 Å². The zero-order valence-electron chi connectivity index (χ0n) is 17.4. The molecular formula is C23H22N4O4S. The number of aromatic nitrogens is 3. The van der Waals surface area contributed by atoms with Crippen LogP contribution in [-0.4, -0.2) is 34.4 Å². The molecule has 0 spiro atoms. The normalized spacial score (nSPS) is 10.8. The Hall–Kier alpha value is -3.72. The van der Waals surface area contributed by atoms with Crippen LogP contribution in [0.25, 0.3) is 11.4 Å². The number of rotatable bonds is 10. The lowest BCUT2D eigenvalue weighted by Crippen LogP contribution is -2.20. The summed E-state index contributed by atoms with van der Waals surface area (Å²) in [6, 6.07) is 19.0. The van der Waals surface area contributed by atoms with Crippen molar-refractivity contribution in [1.82, 2.24) is 14.8 Å². The van der Waals surface area contributed by atoms with E-state index in [0.29, 0.717) is 18.0 Å². The second-order valence-corrected chi connectivity index (χ2v) is 7.84. The minimum absolute atomic E-state index is 0.155. The van der Waals surface area contributed by atoms with Gasteiger partial charge in [0.25, 0.3) is 5.91 Å². The molecule has 164 valence electrons. The number of methoxy groups -OCH3 is 1. The van der Waals surface area contributed by atoms with E-state index in [1.807, 2.05) is 59.2 Å². The minimum Gasteiger partial charge on any atom is -0.497 e. The maximum atomic E-state index is 11.0. The Morgan fingerprint density at radius 3 is 2.72 bits per heavy atom. The van der Waals surface area contributed by atoms with E-state index in [1.54, 1.807) is 31.2 Å². The first-order chi connectivity index (χ1) is 15.6. The quantitative estimate of drug-likeness (QED) is 0.367. The third kappa shape index (κ3) is 5.30. The van der Waals surface area contributed by atoms with Gasteiger partial charge in [-0.15, -0.1) is 10.2 Å². The van der Waals surface area contributed by atoms with E-state index in [1.165, 1.54) is 0 Å². The third-order valence-electron chi connectivity index (χ3n) is 4.59. The number of hydrogen-bond donors (Lipinski definition) is 1. The molecule has 2 aromatic heterocycles. The van der Waals surface area contributed by atoms with Gasteiger partial charge in [0.05, 0.1) is 19.9 Å². The Bertz CT molecular complexity index is 1190. The van der Waals surface area contributed by atoms with Crippen LogP contribution >= 0.6 is 11.8 Å². The van der Waals surface area contributed by atoms with Crippen LogP contribution in [0.3, 0.4) is 0 Å². The molecule has 0 unspecified atom stereocenters. The molecule has 1 amide bonds. The fourth-order valence-corrected chi connectivity index (χ4v) is 3.98. The smallest absolute Gasteiger partial charge is 0.255 e. The summed E-state index contributed by atoms with van der Waals surface area (Å²) in [6.07, 6.45) is 1.65. The molecule has 0 saturated heterocycles. The van der Waals surface area contributed by atoms with Gasteiger partial charge in [0, 0.05) is 11.3 Å². The molecule has 2 heterocycles. The Morgan fingerprint density at radius 1 is 1.09 bits per heavy atom. The lowest BCUT2D eigenvalue weighted by atomic mass is 10.2. The van der Waals surface area contributed by atoms with Crippen molar-refractivity contribution in [1.29, 1.82) is 0 Å². The number of nitrogens with zero attached hydrogens (tertiary/aromatic N) is 3. The number of furan rings is 1. The van der Waals surface area contributed by atoms with Crippen molar-refractivity contribution in [2.75, 3.05) is 13.7 Å². The van der Waals surface area contributed by atoms with Gasteiger partial charge in [0.15, 0.2) is 17.6 Å². The summed E-state index contributed by atoms with van der Waals surface area (Å²) >= 11 is 1.55. The van der Waals surface area contributed by atoms with Crippen LogP contribution in [0.5, 0.6) is 11.5 Å². The Labute approximate surface area is 189 Å². The van der Waals surface area contributed by atoms with E-state index in [-0.39, 0.29) is 6.61 Å². The topological polar surface area (TPSA) is 105 Å². The van der Waals surface area contributed by atoms with Crippen molar-refractivity contribution in [3.05, 3.63) is 78.3 Å². The summed E-state index contributed by atoms with van der Waals surface area (Å²) in [5, 5.41) is 9.62. The van der Waals surface area contributed by atoms with E-state index in [2.05, 4.69) is 10.2 Å². The van der Waals surface area contributed by atoms with Crippen molar-refractivity contribution < 1.29 is 18.7 Å². The molecular weight excluding hydrogens is 428 g/mol. The van der Waals surface area contributed by atoms with Gasteiger partial charge in [-0.25, -0.2) is 0 Å². The van der Waals surface area contributed by atoms with Crippen molar-refractivity contribution >= 4 is 17.7 Å². The van der Waals surface area contributed by atoms with E-state index >= 15 is 0 Å². The predicted molar refractivity (Wildman–Crippen MR) is 121 cm³/mol. The van der Waals surface area contributed by atoms with Gasteiger partial charge >= 0.3 is 0 Å². The second-order valence-electron chi connectivity index (χ2n) is 6.89. The molecule has 0 aliphatic rings. The number of hydrogen-bond acceptors (Lipinski definition) is 7. The molecule has 0 aliphatic heterocycles. The van der Waals surface area contributed by atoms with Crippen molar-refractivity contribution in [2.45, 2.75) is 17.5 Å². The van der Waals surface area contributed by atoms with Crippen molar-refractivity contribution in [3.8, 4) is 22.9 Å². The van der Waals surface area contributed by atoms with E-state index in [9.17, 15) is 4.79 Å². The van der Waals surface area contributed by atoms with E-state index < -0.39 is 5.91 Å². The van der Waals surface area contributed by atoms with Crippen LogP contribution in [0, 0.1) is 0 Å². The third-order valence-corrected chi connectivity index (χ3v) is 5.62. The summed E-state index contributed by atoms with van der Waals surface area (Å²) in [5.74, 6) is 3.00. The van der Waals surface area contributed by atoms with Crippen LogP contribution in [0.4, 0.5) is 0 Å². The summed E-state index contributed by atoms with van der Waals surface area (Å²) in [5.41, 5.74) is 7.07. The fourth-order valence-electron chi connectivity index (χ4n) is 3.10. The van der Waals surface area contributed by atoms with Crippen LogP contribution in [-0.2, 0) is 17.1 Å². The Kier molecular flexibility index (Phi) is 6.76. The molecule has 0 radical (unpaired) electrons. The zero-order chi connectivity index (χ0) is 22.3. The molecule has 2 N–H and O–H groups in total. The van der Waals surface area contributed by atoms with Gasteiger partial charge in [-0.1, -0.05) is 36.0 Å². The lowest BCUT2D eigenvalue weighted by Gasteiger charge is -2.10. The standard InChI is InChI=1S/C23H22N4O4S/c1-29-18-7-3-6-17(12-18)22-25-26-23(27(22)13-20-9-4-10-30-20)32-15-16-5-2-8-19(11-16)31-14-21(24)28/h2-12H,13-15H2,1H3,(H2,24,28). The zero-order valence-corrected chi connectivity index (χ0v) is 18.2. The predicted octanol–water partition coefficient (Wildman–Crippen LogP) is 3.75. The van der Waals surface area contributed by atoms with Crippen LogP contribution < -0.4 is 15.2 Å². The first-order valence-electron chi connectivity index (χ1n) is 9.85. The Balaban J connectivity index is 1.57. The van der Waals surface area contributed by atoms with Gasteiger partial charge < -0.3 is 19.6 Å². The minimum atomic E-state index is -0.513. The summed E-state index contributed by atoms with van der Waals surface area (Å²) in [6.45, 7) is 0.342. The second kappa shape index (κ2) is 10.1. The van der Waals surface area contributed by atoms with E-state index in [0.717, 1.165) is 33.6 Å². The SMILES string of the molecule is COc1cccc(-c2nnc(SCc3cccc(OCC(N)=O)c3)n2Cc2ccco2)c1. The number of carbonyl (C=O) groups is 1. The highest BCUT2D eigenvalue weighted by Crippen LogP contribution is 2.29. The molecule has 4 rings (SSSR count). The molecule has 9 heteroatoms. The first kappa shape index (κ1) is 21.5. The van der Waals surface area contributed by atoms with Crippen LogP contribution in [0.2, 0.25) is 0 Å². The first-order valence-corrected chi connectivity index (χ1v) is 10.8. The number of ether oxygens (including phenoxy) is 2. The van der Waals surface area contributed by atoms with Gasteiger partial charge in [0.1, 0.15) is 17.3 Å². The van der Waals surface area contributed by atoms with Gasteiger partial charge in [0.2, 0.25) is 0 Å². The molecule has 2 aromatic carbocycles. The summed E-state index contributed by atoms with van der Waals surface area (Å²) < 4.78 is 18.3. The monoisotopic (exact) mass is 450 g/mol. The van der Waals surface area contributed by atoms with Crippen molar-refractivity contribution in [2.24, 2.45) is 5.73 Å². The maximum Gasteiger partial charge on any atom is 0.255 e. The largest absolute Gasteiger partial charge is 0.497 e. The van der Waals surface area contributed by atoms with Crippen LogP contribution in [0.1, 0.15) is 11.3 Å². The Morgan fingerprint density at radius 2 is 1.94 bits per heavy atom. The van der Waals surface area contributed by atoms with Crippen LogP contribution in [0.15, 0.2) is 76.5 Å². The molecule has 4 aromatic rings. The summed E-state index contributed by atoms with van der Waals surface area (Å²) in [4.78, 5) is 11.0. The average molecular weight is 451 g/mol. The molecule has 0 saturated carbocycles. The lowest BCUT2D eigenvalue weighted by molar-refractivity contribution is -0.119. The molecule has 8 nitrogen and oxygen atoms in total. The molecule has 0 aliphatic carbocycles. The number of thioether (sulfide) groups is 1.